The zero-order chi connectivity index (χ0) is 25.3. The lowest BCUT2D eigenvalue weighted by molar-refractivity contribution is -0.116. The van der Waals surface area contributed by atoms with Crippen LogP contribution in [-0.2, 0) is 14.9 Å². The largest absolute Gasteiger partial charge is 0.497 e. The maximum absolute atomic E-state index is 12.6. The molecule has 3 aliphatic heterocycles. The third kappa shape index (κ3) is 4.57. The second-order valence-electron chi connectivity index (χ2n) is 10.3. The van der Waals surface area contributed by atoms with Crippen LogP contribution in [0.2, 0.25) is 0 Å². The van der Waals surface area contributed by atoms with Crippen LogP contribution in [0.5, 0.6) is 5.75 Å². The third-order valence-corrected chi connectivity index (χ3v) is 8.36. The van der Waals surface area contributed by atoms with E-state index in [9.17, 15) is 9.59 Å². The number of carbonyl (C=O) groups excluding carboxylic acids is 2. The summed E-state index contributed by atoms with van der Waals surface area (Å²) in [5.74, 6) is 0.950. The van der Waals surface area contributed by atoms with Gasteiger partial charge in [-0.15, -0.1) is 0 Å². The number of hydrogen-bond donors (Lipinski definition) is 0. The number of carbonyl (C=O) groups is 2. The van der Waals surface area contributed by atoms with E-state index in [4.69, 9.17) is 9.47 Å². The van der Waals surface area contributed by atoms with Gasteiger partial charge in [0.15, 0.2) is 0 Å². The molecule has 0 aromatic heterocycles. The number of methoxy groups -OCH3 is 1. The summed E-state index contributed by atoms with van der Waals surface area (Å²) in [7, 11) is 1.69. The van der Waals surface area contributed by atoms with Gasteiger partial charge in [0.2, 0.25) is 5.91 Å². The molecular weight excluding hydrogens is 454 g/mol. The molecule has 0 bridgehead atoms. The summed E-state index contributed by atoms with van der Waals surface area (Å²) in [5.41, 5.74) is 4.63. The number of benzene rings is 2. The molecule has 1 spiro atoms. The minimum Gasteiger partial charge on any atom is -0.497 e. The molecule has 0 N–H and O–H groups in total. The SMILES string of the molecule is CCOC(=O)N1CCC(N2CCC3(CC2)CN(C(C)=O)c2ccc(-c4cccc(OC)c4)cc23)CC1. The van der Waals surface area contributed by atoms with Crippen LogP contribution in [0.15, 0.2) is 42.5 Å². The standard InChI is InChI=1S/C29H37N3O4/c1-4-36-28(34)31-14-10-24(11-15-31)30-16-12-29(13-17-30)20-32(21(2)33)27-9-8-23(19-26(27)29)22-6-5-7-25(18-22)35-3/h5-9,18-19,24H,4,10-17,20H2,1-3H3. The van der Waals surface area contributed by atoms with E-state index in [1.807, 2.05) is 28.9 Å². The lowest BCUT2D eigenvalue weighted by atomic mass is 9.73. The molecule has 3 aliphatic rings. The summed E-state index contributed by atoms with van der Waals surface area (Å²) in [6, 6.07) is 15.2. The van der Waals surface area contributed by atoms with E-state index >= 15 is 0 Å². The first kappa shape index (κ1) is 24.6. The fourth-order valence-electron chi connectivity index (χ4n) is 6.31. The molecule has 5 rings (SSSR count). The Kier molecular flexibility index (Phi) is 6.93. The Morgan fingerprint density at radius 2 is 1.72 bits per heavy atom. The molecule has 2 saturated heterocycles. The lowest BCUT2D eigenvalue weighted by Gasteiger charge is -2.45. The molecule has 0 radical (unpaired) electrons. The fourth-order valence-corrected chi connectivity index (χ4v) is 6.31. The Hall–Kier alpha value is -3.06. The number of anilines is 1. The number of ether oxygens (including phenoxy) is 2. The molecule has 0 saturated carbocycles. The minimum atomic E-state index is -0.188. The molecule has 36 heavy (non-hydrogen) atoms. The van der Waals surface area contributed by atoms with Gasteiger partial charge in [-0.25, -0.2) is 4.79 Å². The van der Waals surface area contributed by atoms with Gasteiger partial charge in [0, 0.05) is 43.7 Å². The van der Waals surface area contributed by atoms with Crippen molar-refractivity contribution in [2.45, 2.75) is 51.0 Å². The van der Waals surface area contributed by atoms with E-state index in [1.165, 1.54) is 5.56 Å². The predicted molar refractivity (Wildman–Crippen MR) is 141 cm³/mol. The van der Waals surface area contributed by atoms with Crippen molar-refractivity contribution in [3.63, 3.8) is 0 Å². The summed E-state index contributed by atoms with van der Waals surface area (Å²) < 4.78 is 10.6. The van der Waals surface area contributed by atoms with E-state index in [1.54, 1.807) is 14.0 Å². The fraction of sp³-hybridized carbons (Fsp3) is 0.517. The second-order valence-corrected chi connectivity index (χ2v) is 10.3. The molecule has 7 nitrogen and oxygen atoms in total. The Morgan fingerprint density at radius 1 is 1.00 bits per heavy atom. The van der Waals surface area contributed by atoms with Crippen LogP contribution in [-0.4, -0.2) is 74.3 Å². The minimum absolute atomic E-state index is 0.0159. The molecule has 0 aliphatic carbocycles. The van der Waals surface area contributed by atoms with Crippen LogP contribution in [0.4, 0.5) is 10.5 Å². The van der Waals surface area contributed by atoms with Crippen molar-refractivity contribution in [3.05, 3.63) is 48.0 Å². The van der Waals surface area contributed by atoms with E-state index in [2.05, 4.69) is 35.2 Å². The van der Waals surface area contributed by atoms with Crippen LogP contribution in [0.25, 0.3) is 11.1 Å². The van der Waals surface area contributed by atoms with Crippen molar-refractivity contribution >= 4 is 17.7 Å². The Labute approximate surface area is 214 Å². The Bertz CT molecular complexity index is 1120. The average molecular weight is 492 g/mol. The first-order valence-corrected chi connectivity index (χ1v) is 13.2. The quantitative estimate of drug-likeness (QED) is 0.621. The maximum atomic E-state index is 12.6. The van der Waals surface area contributed by atoms with Crippen molar-refractivity contribution in [1.29, 1.82) is 0 Å². The lowest BCUT2D eigenvalue weighted by Crippen LogP contribution is -2.52. The zero-order valence-corrected chi connectivity index (χ0v) is 21.7. The highest BCUT2D eigenvalue weighted by atomic mass is 16.6. The van der Waals surface area contributed by atoms with Gasteiger partial charge in [0.25, 0.3) is 0 Å². The summed E-state index contributed by atoms with van der Waals surface area (Å²) >= 11 is 0. The summed E-state index contributed by atoms with van der Waals surface area (Å²) in [4.78, 5) is 31.1. The van der Waals surface area contributed by atoms with Gasteiger partial charge in [-0.3, -0.25) is 4.79 Å². The monoisotopic (exact) mass is 491 g/mol. The molecule has 2 aromatic carbocycles. The van der Waals surface area contributed by atoms with Gasteiger partial charge in [-0.05, 0) is 86.7 Å². The van der Waals surface area contributed by atoms with Crippen LogP contribution in [0.3, 0.4) is 0 Å². The highest BCUT2D eigenvalue weighted by Crippen LogP contribution is 2.49. The van der Waals surface area contributed by atoms with Gasteiger partial charge >= 0.3 is 6.09 Å². The Morgan fingerprint density at radius 3 is 2.39 bits per heavy atom. The number of likely N-dealkylation sites (tertiary alicyclic amines) is 2. The summed E-state index contributed by atoms with van der Waals surface area (Å²) in [6.07, 6.45) is 3.85. The Balaban J connectivity index is 1.33. The van der Waals surface area contributed by atoms with Crippen LogP contribution >= 0.6 is 0 Å². The maximum Gasteiger partial charge on any atom is 0.409 e. The number of hydrogen-bond acceptors (Lipinski definition) is 5. The smallest absolute Gasteiger partial charge is 0.409 e. The molecule has 2 amide bonds. The normalized spacial score (nSPS) is 19.9. The van der Waals surface area contributed by atoms with E-state index in [0.717, 1.165) is 81.0 Å². The molecule has 2 aromatic rings. The van der Waals surface area contributed by atoms with E-state index in [-0.39, 0.29) is 17.4 Å². The molecule has 0 atom stereocenters. The number of nitrogens with zero attached hydrogens (tertiary/aromatic N) is 3. The topological polar surface area (TPSA) is 62.3 Å². The van der Waals surface area contributed by atoms with Crippen LogP contribution in [0, 0.1) is 0 Å². The summed E-state index contributed by atoms with van der Waals surface area (Å²) in [6.45, 7) is 8.25. The number of fused-ring (bicyclic) bond motifs is 2. The van der Waals surface area contributed by atoms with Crippen LogP contribution in [0.1, 0.15) is 45.1 Å². The van der Waals surface area contributed by atoms with Crippen molar-refractivity contribution in [2.24, 2.45) is 0 Å². The van der Waals surface area contributed by atoms with Crippen molar-refractivity contribution in [3.8, 4) is 16.9 Å². The molecular formula is C29H37N3O4. The van der Waals surface area contributed by atoms with Gasteiger partial charge in [0.1, 0.15) is 5.75 Å². The molecule has 7 heteroatoms. The molecule has 192 valence electrons. The van der Waals surface area contributed by atoms with Crippen molar-refractivity contribution in [2.75, 3.05) is 51.3 Å². The van der Waals surface area contributed by atoms with E-state index in [0.29, 0.717) is 12.6 Å². The van der Waals surface area contributed by atoms with Gasteiger partial charge in [0.05, 0.1) is 13.7 Å². The highest BCUT2D eigenvalue weighted by Gasteiger charge is 2.46. The molecule has 0 unspecified atom stereocenters. The highest BCUT2D eigenvalue weighted by molar-refractivity contribution is 5.95. The molecule has 3 heterocycles. The number of rotatable bonds is 4. The third-order valence-electron chi connectivity index (χ3n) is 8.36. The predicted octanol–water partition coefficient (Wildman–Crippen LogP) is 4.68. The van der Waals surface area contributed by atoms with Crippen LogP contribution < -0.4 is 9.64 Å². The molecule has 2 fully saturated rings. The van der Waals surface area contributed by atoms with Crippen molar-refractivity contribution in [1.82, 2.24) is 9.80 Å². The average Bonchev–Trinajstić information content (AvgIpc) is 3.23. The zero-order valence-electron chi connectivity index (χ0n) is 21.7. The van der Waals surface area contributed by atoms with Gasteiger partial charge in [-0.2, -0.15) is 0 Å². The number of piperidine rings is 2. The first-order chi connectivity index (χ1) is 17.4. The second kappa shape index (κ2) is 10.1. The first-order valence-electron chi connectivity index (χ1n) is 13.2. The van der Waals surface area contributed by atoms with Gasteiger partial charge in [-0.1, -0.05) is 18.2 Å². The summed E-state index contributed by atoms with van der Waals surface area (Å²) in [5, 5.41) is 0. The van der Waals surface area contributed by atoms with E-state index < -0.39 is 0 Å². The van der Waals surface area contributed by atoms with Gasteiger partial charge < -0.3 is 24.2 Å². The van der Waals surface area contributed by atoms with Crippen molar-refractivity contribution < 1.29 is 19.1 Å². The number of amides is 2.